The molecule has 1 amide bonds. The average Bonchev–Trinajstić information content (AvgIpc) is 3.19. The number of thiophene rings is 1. The molecule has 0 aromatic carbocycles. The van der Waals surface area contributed by atoms with Crippen LogP contribution in [0.25, 0.3) is 0 Å². The fourth-order valence-electron chi connectivity index (χ4n) is 3.51. The van der Waals surface area contributed by atoms with Crippen molar-refractivity contribution in [3.63, 3.8) is 0 Å². The zero-order valence-corrected chi connectivity index (χ0v) is 13.6. The number of nitrogens with zero attached hydrogens (tertiary/aromatic N) is 1. The highest BCUT2D eigenvalue weighted by molar-refractivity contribution is 7.14. The Morgan fingerprint density at radius 1 is 1.48 bits per heavy atom. The van der Waals surface area contributed by atoms with Crippen LogP contribution in [0.15, 0.2) is 12.1 Å². The molecule has 0 spiro atoms. The molecule has 116 valence electrons. The lowest BCUT2D eigenvalue weighted by molar-refractivity contribution is 0.0199. The molecule has 1 atom stereocenters. The van der Waals surface area contributed by atoms with Crippen molar-refractivity contribution in [3.8, 4) is 0 Å². The SMILES string of the molecule is CCc1ccc(C(=O)N2CCC[C@@](CO)(CC3CC3)C2)s1. The van der Waals surface area contributed by atoms with Gasteiger partial charge in [0.05, 0.1) is 11.5 Å². The first-order chi connectivity index (χ1) is 10.2. The van der Waals surface area contributed by atoms with Gasteiger partial charge in [0, 0.05) is 23.4 Å². The maximum Gasteiger partial charge on any atom is 0.263 e. The van der Waals surface area contributed by atoms with Gasteiger partial charge in [-0.25, -0.2) is 0 Å². The quantitative estimate of drug-likeness (QED) is 0.906. The van der Waals surface area contributed by atoms with E-state index in [0.29, 0.717) is 0 Å². The Morgan fingerprint density at radius 2 is 2.29 bits per heavy atom. The summed E-state index contributed by atoms with van der Waals surface area (Å²) in [4.78, 5) is 16.8. The maximum atomic E-state index is 12.7. The van der Waals surface area contributed by atoms with E-state index >= 15 is 0 Å². The van der Waals surface area contributed by atoms with Crippen LogP contribution in [0.5, 0.6) is 0 Å². The summed E-state index contributed by atoms with van der Waals surface area (Å²) in [7, 11) is 0. The van der Waals surface area contributed by atoms with Crippen molar-refractivity contribution in [1.82, 2.24) is 4.90 Å². The Morgan fingerprint density at radius 3 is 2.90 bits per heavy atom. The van der Waals surface area contributed by atoms with Crippen molar-refractivity contribution in [2.24, 2.45) is 11.3 Å². The van der Waals surface area contributed by atoms with Gasteiger partial charge in [0.15, 0.2) is 0 Å². The minimum absolute atomic E-state index is 0.0417. The number of amides is 1. The molecule has 1 aliphatic carbocycles. The molecule has 21 heavy (non-hydrogen) atoms. The van der Waals surface area contributed by atoms with Crippen LogP contribution in [-0.2, 0) is 6.42 Å². The number of aryl methyl sites for hydroxylation is 1. The third-order valence-electron chi connectivity index (χ3n) is 4.92. The minimum atomic E-state index is -0.0417. The van der Waals surface area contributed by atoms with Gasteiger partial charge in [-0.3, -0.25) is 4.79 Å². The molecule has 4 heteroatoms. The Balaban J connectivity index is 1.70. The van der Waals surface area contributed by atoms with Gasteiger partial charge in [0.2, 0.25) is 0 Å². The molecule has 1 saturated carbocycles. The summed E-state index contributed by atoms with van der Waals surface area (Å²) in [5.74, 6) is 0.952. The molecule has 2 heterocycles. The van der Waals surface area contributed by atoms with Crippen molar-refractivity contribution >= 4 is 17.2 Å². The monoisotopic (exact) mass is 307 g/mol. The summed E-state index contributed by atoms with van der Waals surface area (Å²) in [6.45, 7) is 3.91. The van der Waals surface area contributed by atoms with E-state index in [2.05, 4.69) is 13.0 Å². The van der Waals surface area contributed by atoms with E-state index in [4.69, 9.17) is 0 Å². The average molecular weight is 307 g/mol. The summed E-state index contributed by atoms with van der Waals surface area (Å²) in [5.41, 5.74) is -0.0417. The highest BCUT2D eigenvalue weighted by Gasteiger charge is 2.41. The van der Waals surface area contributed by atoms with Crippen LogP contribution in [0.4, 0.5) is 0 Å². The molecule has 1 aliphatic heterocycles. The smallest absolute Gasteiger partial charge is 0.263 e. The second kappa shape index (κ2) is 6.09. The number of hydrogen-bond donors (Lipinski definition) is 1. The van der Waals surface area contributed by atoms with E-state index in [0.717, 1.165) is 49.6 Å². The minimum Gasteiger partial charge on any atom is -0.396 e. The predicted molar refractivity (Wildman–Crippen MR) is 85.7 cm³/mol. The molecule has 1 aromatic rings. The number of hydrogen-bond acceptors (Lipinski definition) is 3. The van der Waals surface area contributed by atoms with Gasteiger partial charge < -0.3 is 10.0 Å². The summed E-state index contributed by atoms with van der Waals surface area (Å²) >= 11 is 1.61. The normalized spacial score (nSPS) is 26.1. The first-order valence-electron chi connectivity index (χ1n) is 8.14. The number of likely N-dealkylation sites (tertiary alicyclic amines) is 1. The maximum absolute atomic E-state index is 12.7. The fourth-order valence-corrected chi connectivity index (χ4v) is 4.43. The first kappa shape index (κ1) is 15.0. The summed E-state index contributed by atoms with van der Waals surface area (Å²) in [5, 5.41) is 9.90. The lowest BCUT2D eigenvalue weighted by Crippen LogP contribution is -2.48. The van der Waals surface area contributed by atoms with Gasteiger partial charge in [-0.2, -0.15) is 0 Å². The number of carbonyl (C=O) groups is 1. The van der Waals surface area contributed by atoms with Crippen LogP contribution in [0.2, 0.25) is 0 Å². The van der Waals surface area contributed by atoms with Crippen LogP contribution in [0, 0.1) is 11.3 Å². The second-order valence-electron chi connectivity index (χ2n) is 6.76. The van der Waals surface area contributed by atoms with Crippen molar-refractivity contribution in [1.29, 1.82) is 0 Å². The van der Waals surface area contributed by atoms with Crippen LogP contribution >= 0.6 is 11.3 Å². The Bertz CT molecular complexity index is 509. The molecule has 0 unspecified atom stereocenters. The van der Waals surface area contributed by atoms with Gasteiger partial charge in [0.1, 0.15) is 0 Å². The first-order valence-corrected chi connectivity index (χ1v) is 8.96. The van der Waals surface area contributed by atoms with Crippen molar-refractivity contribution < 1.29 is 9.90 Å². The summed E-state index contributed by atoms with van der Waals surface area (Å²) in [6.07, 6.45) is 6.78. The van der Waals surface area contributed by atoms with Gasteiger partial charge in [-0.15, -0.1) is 11.3 Å². The Labute approximate surface area is 131 Å². The second-order valence-corrected chi connectivity index (χ2v) is 7.92. The van der Waals surface area contributed by atoms with Crippen LogP contribution in [0.3, 0.4) is 0 Å². The van der Waals surface area contributed by atoms with Gasteiger partial charge in [0.25, 0.3) is 5.91 Å². The topological polar surface area (TPSA) is 40.5 Å². The van der Waals surface area contributed by atoms with E-state index in [1.807, 2.05) is 11.0 Å². The van der Waals surface area contributed by atoms with Crippen LogP contribution in [0.1, 0.15) is 53.6 Å². The molecular weight excluding hydrogens is 282 g/mol. The van der Waals surface area contributed by atoms with E-state index in [-0.39, 0.29) is 17.9 Å². The van der Waals surface area contributed by atoms with E-state index in [1.54, 1.807) is 11.3 Å². The Kier molecular flexibility index (Phi) is 4.36. The highest BCUT2D eigenvalue weighted by atomic mass is 32.1. The zero-order valence-electron chi connectivity index (χ0n) is 12.8. The molecular formula is C17H25NO2S. The fraction of sp³-hybridized carbons (Fsp3) is 0.706. The Hall–Kier alpha value is -0.870. The number of piperidine rings is 1. The highest BCUT2D eigenvalue weighted by Crippen LogP contribution is 2.44. The molecule has 0 bridgehead atoms. The third-order valence-corrected chi connectivity index (χ3v) is 6.14. The van der Waals surface area contributed by atoms with Crippen molar-refractivity contribution in [2.45, 2.75) is 45.4 Å². The molecule has 0 radical (unpaired) electrons. The van der Waals surface area contributed by atoms with E-state index in [1.165, 1.54) is 17.7 Å². The third kappa shape index (κ3) is 3.32. The largest absolute Gasteiger partial charge is 0.396 e. The number of aliphatic hydroxyl groups excluding tert-OH is 1. The lowest BCUT2D eigenvalue weighted by atomic mass is 9.76. The molecule has 3 nitrogen and oxygen atoms in total. The molecule has 1 saturated heterocycles. The summed E-state index contributed by atoms with van der Waals surface area (Å²) < 4.78 is 0. The number of carbonyl (C=O) groups excluding carboxylic acids is 1. The molecule has 2 aliphatic rings. The molecule has 1 aromatic heterocycles. The number of aliphatic hydroxyl groups is 1. The van der Waals surface area contributed by atoms with Gasteiger partial charge in [-0.05, 0) is 43.7 Å². The summed E-state index contributed by atoms with van der Waals surface area (Å²) in [6, 6.07) is 4.02. The molecule has 3 rings (SSSR count). The van der Waals surface area contributed by atoms with Crippen LogP contribution in [-0.4, -0.2) is 35.6 Å². The van der Waals surface area contributed by atoms with Gasteiger partial charge >= 0.3 is 0 Å². The molecule has 2 fully saturated rings. The van der Waals surface area contributed by atoms with Crippen molar-refractivity contribution in [3.05, 3.63) is 21.9 Å². The van der Waals surface area contributed by atoms with E-state index < -0.39 is 0 Å². The molecule has 1 N–H and O–H groups in total. The van der Waals surface area contributed by atoms with Gasteiger partial charge in [-0.1, -0.05) is 19.8 Å². The standard InChI is InChI=1S/C17H25NO2S/c1-2-14-6-7-15(21-14)16(20)18-9-3-8-17(11-18,12-19)10-13-4-5-13/h6-7,13,19H,2-5,8-12H2,1H3/t17-/m1/s1. The number of rotatable bonds is 5. The van der Waals surface area contributed by atoms with Crippen molar-refractivity contribution in [2.75, 3.05) is 19.7 Å². The lowest BCUT2D eigenvalue weighted by Gasteiger charge is -2.42. The zero-order chi connectivity index (χ0) is 14.9. The van der Waals surface area contributed by atoms with E-state index in [9.17, 15) is 9.90 Å². The van der Waals surface area contributed by atoms with Crippen LogP contribution < -0.4 is 0 Å². The predicted octanol–water partition coefficient (Wildman–Crippen LogP) is 3.33.